The number of carbonyl (C=O) groups is 2. The number of nitrogens with one attached hydrogen (secondary N) is 3. The standard InChI is InChI=1S/C17H33N5O4/c1-17(2,3)26-16(24)19-8-7-18-15(21-11-14(23)22(4)5)20-10-13-6-9-25-12-13/h13H,6-12H2,1-5H3,(H,19,24)(H2,18,20,21). The number of carbonyl (C=O) groups excluding carboxylic acids is 2. The van der Waals surface area contributed by atoms with Crippen LogP contribution in [-0.2, 0) is 14.3 Å². The lowest BCUT2D eigenvalue weighted by atomic mass is 10.1. The van der Waals surface area contributed by atoms with E-state index in [1.807, 2.05) is 20.8 Å². The van der Waals surface area contributed by atoms with Gasteiger partial charge >= 0.3 is 6.09 Å². The van der Waals surface area contributed by atoms with Crippen LogP contribution in [0.25, 0.3) is 0 Å². The van der Waals surface area contributed by atoms with Gasteiger partial charge in [-0.15, -0.1) is 0 Å². The molecular weight excluding hydrogens is 338 g/mol. The first kappa shape index (κ1) is 22.0. The molecule has 26 heavy (non-hydrogen) atoms. The van der Waals surface area contributed by atoms with Crippen LogP contribution in [0.4, 0.5) is 4.79 Å². The molecule has 9 nitrogen and oxygen atoms in total. The molecule has 0 bridgehead atoms. The lowest BCUT2D eigenvalue weighted by molar-refractivity contribution is -0.127. The zero-order chi connectivity index (χ0) is 19.6. The minimum atomic E-state index is -0.526. The summed E-state index contributed by atoms with van der Waals surface area (Å²) in [5.74, 6) is 0.895. The first-order valence-electron chi connectivity index (χ1n) is 8.94. The molecule has 1 fully saturated rings. The third-order valence-electron chi connectivity index (χ3n) is 3.54. The van der Waals surface area contributed by atoms with Crippen molar-refractivity contribution in [2.75, 3.05) is 53.5 Å². The molecule has 0 aromatic heterocycles. The molecule has 150 valence electrons. The van der Waals surface area contributed by atoms with E-state index in [1.165, 1.54) is 4.90 Å². The third-order valence-corrected chi connectivity index (χ3v) is 3.54. The van der Waals surface area contributed by atoms with Gasteiger partial charge in [0.25, 0.3) is 0 Å². The maximum absolute atomic E-state index is 11.7. The predicted molar refractivity (Wildman–Crippen MR) is 100 cm³/mol. The quantitative estimate of drug-likeness (QED) is 0.335. The van der Waals surface area contributed by atoms with Crippen molar-refractivity contribution in [3.63, 3.8) is 0 Å². The monoisotopic (exact) mass is 371 g/mol. The van der Waals surface area contributed by atoms with Crippen LogP contribution in [0.1, 0.15) is 27.2 Å². The average molecular weight is 371 g/mol. The Morgan fingerprint density at radius 1 is 1.19 bits per heavy atom. The van der Waals surface area contributed by atoms with E-state index in [-0.39, 0.29) is 12.5 Å². The van der Waals surface area contributed by atoms with E-state index in [1.54, 1.807) is 14.1 Å². The van der Waals surface area contributed by atoms with Gasteiger partial charge in [-0.2, -0.15) is 0 Å². The van der Waals surface area contributed by atoms with Gasteiger partial charge in [0.15, 0.2) is 5.96 Å². The molecule has 1 atom stereocenters. The molecule has 1 rings (SSSR count). The highest BCUT2D eigenvalue weighted by atomic mass is 16.6. The van der Waals surface area contributed by atoms with Crippen LogP contribution in [0.5, 0.6) is 0 Å². The predicted octanol–water partition coefficient (Wildman–Crippen LogP) is 0.171. The maximum atomic E-state index is 11.7. The molecule has 0 aromatic carbocycles. The molecule has 3 N–H and O–H groups in total. The van der Waals surface area contributed by atoms with Gasteiger partial charge in [-0.05, 0) is 27.2 Å². The Bertz CT molecular complexity index is 482. The number of rotatable bonds is 7. The van der Waals surface area contributed by atoms with E-state index in [2.05, 4.69) is 20.9 Å². The molecule has 1 aliphatic rings. The molecule has 0 radical (unpaired) electrons. The van der Waals surface area contributed by atoms with Crippen LogP contribution in [0.3, 0.4) is 0 Å². The van der Waals surface area contributed by atoms with E-state index in [0.29, 0.717) is 25.0 Å². The van der Waals surface area contributed by atoms with E-state index >= 15 is 0 Å². The lowest BCUT2D eigenvalue weighted by Crippen LogP contribution is -2.44. The fraction of sp³-hybridized carbons (Fsp3) is 0.824. The molecule has 0 aliphatic carbocycles. The van der Waals surface area contributed by atoms with Crippen LogP contribution >= 0.6 is 0 Å². The Morgan fingerprint density at radius 2 is 1.88 bits per heavy atom. The van der Waals surface area contributed by atoms with Gasteiger partial charge in [0.05, 0.1) is 6.61 Å². The number of guanidine groups is 1. The number of amides is 2. The number of alkyl carbamates (subject to hydrolysis) is 1. The zero-order valence-electron chi connectivity index (χ0n) is 16.6. The summed E-state index contributed by atoms with van der Waals surface area (Å²) in [7, 11) is 3.39. The van der Waals surface area contributed by atoms with Gasteiger partial charge in [-0.1, -0.05) is 0 Å². The Labute approximate surface area is 155 Å². The first-order valence-corrected chi connectivity index (χ1v) is 8.94. The second kappa shape index (κ2) is 10.8. The number of hydrogen-bond donors (Lipinski definition) is 3. The SMILES string of the molecule is CN(C)C(=O)CN=C(NCCNC(=O)OC(C)(C)C)NCC1CCOC1. The Hall–Kier alpha value is -2.03. The molecular formula is C17H33N5O4. The fourth-order valence-electron chi connectivity index (χ4n) is 2.11. The van der Waals surface area contributed by atoms with Crippen molar-refractivity contribution in [1.82, 2.24) is 20.9 Å². The Balaban J connectivity index is 2.41. The van der Waals surface area contributed by atoms with Crippen LogP contribution in [0.2, 0.25) is 0 Å². The van der Waals surface area contributed by atoms with E-state index in [0.717, 1.165) is 26.2 Å². The molecule has 1 aliphatic heterocycles. The molecule has 0 spiro atoms. The van der Waals surface area contributed by atoms with Crippen LogP contribution < -0.4 is 16.0 Å². The topological polar surface area (TPSA) is 104 Å². The summed E-state index contributed by atoms with van der Waals surface area (Å²) in [4.78, 5) is 29.1. The summed E-state index contributed by atoms with van der Waals surface area (Å²) < 4.78 is 10.5. The normalized spacial score (nSPS) is 17.6. The second-order valence-corrected chi connectivity index (χ2v) is 7.42. The van der Waals surface area contributed by atoms with Crippen molar-refractivity contribution in [3.8, 4) is 0 Å². The molecule has 1 unspecified atom stereocenters. The maximum Gasteiger partial charge on any atom is 0.407 e. The largest absolute Gasteiger partial charge is 0.444 e. The van der Waals surface area contributed by atoms with Gasteiger partial charge in [0, 0.05) is 46.3 Å². The summed E-state index contributed by atoms with van der Waals surface area (Å²) in [5, 5.41) is 9.01. The van der Waals surface area contributed by atoms with Gasteiger partial charge in [-0.3, -0.25) is 4.79 Å². The van der Waals surface area contributed by atoms with Gasteiger partial charge in [-0.25, -0.2) is 9.79 Å². The van der Waals surface area contributed by atoms with E-state index < -0.39 is 11.7 Å². The van der Waals surface area contributed by atoms with Crippen molar-refractivity contribution in [3.05, 3.63) is 0 Å². The third kappa shape index (κ3) is 10.1. The van der Waals surface area contributed by atoms with Crippen LogP contribution in [0.15, 0.2) is 4.99 Å². The van der Waals surface area contributed by atoms with Crippen molar-refractivity contribution >= 4 is 18.0 Å². The highest BCUT2D eigenvalue weighted by Gasteiger charge is 2.17. The highest BCUT2D eigenvalue weighted by Crippen LogP contribution is 2.10. The molecule has 9 heteroatoms. The number of nitrogens with zero attached hydrogens (tertiary/aromatic N) is 2. The summed E-state index contributed by atoms with van der Waals surface area (Å²) in [5.41, 5.74) is -0.526. The Kier molecular flexibility index (Phi) is 9.18. The zero-order valence-corrected chi connectivity index (χ0v) is 16.6. The fourth-order valence-corrected chi connectivity index (χ4v) is 2.11. The van der Waals surface area contributed by atoms with Crippen LogP contribution in [0, 0.1) is 5.92 Å². The minimum Gasteiger partial charge on any atom is -0.444 e. The van der Waals surface area contributed by atoms with Gasteiger partial charge in [0.1, 0.15) is 12.1 Å². The molecule has 1 saturated heterocycles. The molecule has 0 aromatic rings. The summed E-state index contributed by atoms with van der Waals surface area (Å²) >= 11 is 0. The van der Waals surface area contributed by atoms with Crippen molar-refractivity contribution in [2.45, 2.75) is 32.8 Å². The number of aliphatic imine (C=N–C) groups is 1. The second-order valence-electron chi connectivity index (χ2n) is 7.42. The Morgan fingerprint density at radius 3 is 2.46 bits per heavy atom. The minimum absolute atomic E-state index is 0.0585. The van der Waals surface area contributed by atoms with Crippen molar-refractivity contribution < 1.29 is 19.1 Å². The van der Waals surface area contributed by atoms with E-state index in [4.69, 9.17) is 9.47 Å². The molecule has 1 heterocycles. The van der Waals surface area contributed by atoms with Gasteiger partial charge < -0.3 is 30.3 Å². The lowest BCUT2D eigenvalue weighted by Gasteiger charge is -2.20. The van der Waals surface area contributed by atoms with E-state index in [9.17, 15) is 9.59 Å². The summed E-state index contributed by atoms with van der Waals surface area (Å²) in [6.45, 7) is 8.58. The van der Waals surface area contributed by atoms with Gasteiger partial charge in [0.2, 0.25) is 5.91 Å². The molecule has 2 amide bonds. The number of likely N-dealkylation sites (N-methyl/N-ethyl adjacent to an activating group) is 1. The average Bonchev–Trinajstić information content (AvgIpc) is 3.04. The highest BCUT2D eigenvalue weighted by molar-refractivity contribution is 5.84. The molecule has 0 saturated carbocycles. The van der Waals surface area contributed by atoms with Crippen LogP contribution in [-0.4, -0.2) is 81.9 Å². The summed E-state index contributed by atoms with van der Waals surface area (Å²) in [6, 6.07) is 0. The number of ether oxygens (including phenoxy) is 2. The van der Waals surface area contributed by atoms with Crippen molar-refractivity contribution in [1.29, 1.82) is 0 Å². The van der Waals surface area contributed by atoms with Crippen molar-refractivity contribution in [2.24, 2.45) is 10.9 Å². The number of hydrogen-bond acceptors (Lipinski definition) is 5. The summed E-state index contributed by atoms with van der Waals surface area (Å²) in [6.07, 6.45) is 0.550. The first-order chi connectivity index (χ1) is 12.2. The smallest absolute Gasteiger partial charge is 0.407 e.